The molecule has 3 N–H and O–H groups in total. The van der Waals surface area contributed by atoms with Gasteiger partial charge in [0.2, 0.25) is 0 Å². The molecule has 0 spiro atoms. The molecule has 1 amide bonds. The number of aromatic nitrogens is 3. The van der Waals surface area contributed by atoms with Gasteiger partial charge < -0.3 is 20.6 Å². The van der Waals surface area contributed by atoms with E-state index in [9.17, 15) is 9.90 Å². The highest BCUT2D eigenvalue weighted by Gasteiger charge is 2.33. The quantitative estimate of drug-likeness (QED) is 0.306. The number of aliphatic hydroxyl groups is 1. The first kappa shape index (κ1) is 28.7. The highest BCUT2D eigenvalue weighted by atomic mass is 35.5. The van der Waals surface area contributed by atoms with Gasteiger partial charge in [0.05, 0.1) is 22.5 Å². The topological polar surface area (TPSA) is 107 Å². The van der Waals surface area contributed by atoms with Crippen LogP contribution in [-0.4, -0.2) is 69.2 Å². The normalized spacial score (nSPS) is 22.1. The van der Waals surface area contributed by atoms with Crippen LogP contribution in [0.2, 0.25) is 5.02 Å². The number of carbonyl (C=O) groups is 1. The highest BCUT2D eigenvalue weighted by Crippen LogP contribution is 2.32. The van der Waals surface area contributed by atoms with E-state index in [2.05, 4.69) is 42.3 Å². The number of benzene rings is 1. The number of piperazine rings is 1. The molecular weight excluding hydrogens is 546 g/mol. The monoisotopic (exact) mass is 583 g/mol. The van der Waals surface area contributed by atoms with Crippen LogP contribution in [0.5, 0.6) is 0 Å². The summed E-state index contributed by atoms with van der Waals surface area (Å²) in [4.78, 5) is 31.6. The third kappa shape index (κ3) is 7.09. The molecule has 5 rings (SSSR count). The Balaban J connectivity index is 1.19. The summed E-state index contributed by atoms with van der Waals surface area (Å²) in [6.45, 7) is 10.3. The zero-order valence-corrected chi connectivity index (χ0v) is 25.0. The number of anilines is 4. The number of aryl methyl sites for hydroxylation is 2. The number of nitrogens with one attached hydrogen (secondary N) is 2. The average Bonchev–Trinajstić information content (AvgIpc) is 3.31. The van der Waals surface area contributed by atoms with Crippen LogP contribution >= 0.6 is 22.9 Å². The lowest BCUT2D eigenvalue weighted by atomic mass is 9.93. The molecule has 1 unspecified atom stereocenters. The predicted octanol–water partition coefficient (Wildman–Crippen LogP) is 5.65. The molecule has 0 radical (unpaired) electrons. The van der Waals surface area contributed by atoms with Gasteiger partial charge in [-0.25, -0.2) is 15.0 Å². The molecule has 3 aromatic rings. The van der Waals surface area contributed by atoms with Crippen LogP contribution in [0.25, 0.3) is 0 Å². The van der Waals surface area contributed by atoms with E-state index in [0.29, 0.717) is 38.3 Å². The third-order valence-electron chi connectivity index (χ3n) is 7.91. The summed E-state index contributed by atoms with van der Waals surface area (Å²) < 4.78 is 0. The molecule has 3 heterocycles. The van der Waals surface area contributed by atoms with E-state index >= 15 is 0 Å². The highest BCUT2D eigenvalue weighted by molar-refractivity contribution is 7.17. The molecule has 1 saturated carbocycles. The standard InChI is InChI=1S/C29H38ClN7O2S/c1-19-6-5-10-29(39,11-9-19)18-36-12-14-37(15-13-36)25-16-24(32-21(3)33-25)34-28-31-17-23(40-28)27(38)35-26-20(2)7-4-8-22(26)30/h4,7-8,16-17,19,39H,5-6,9-15,18H2,1-3H3,(H,35,38)(H,31,32,33,34)/t19-,29?/m1/s1. The molecule has 1 aliphatic heterocycles. The van der Waals surface area contributed by atoms with Gasteiger partial charge in [0, 0.05) is 38.8 Å². The number of amides is 1. The molecule has 214 valence electrons. The Bertz CT molecular complexity index is 1320. The molecule has 1 saturated heterocycles. The summed E-state index contributed by atoms with van der Waals surface area (Å²) in [6, 6.07) is 7.43. The van der Waals surface area contributed by atoms with Crippen molar-refractivity contribution in [3.8, 4) is 0 Å². The molecule has 1 aromatic carbocycles. The predicted molar refractivity (Wildman–Crippen MR) is 162 cm³/mol. The molecule has 0 bridgehead atoms. The van der Waals surface area contributed by atoms with Crippen LogP contribution < -0.4 is 15.5 Å². The Hall–Kier alpha value is -2.79. The Morgan fingerprint density at radius 2 is 1.98 bits per heavy atom. The summed E-state index contributed by atoms with van der Waals surface area (Å²) in [7, 11) is 0. The largest absolute Gasteiger partial charge is 0.389 e. The lowest BCUT2D eigenvalue weighted by Gasteiger charge is -2.39. The van der Waals surface area contributed by atoms with E-state index in [0.717, 1.165) is 69.8 Å². The van der Waals surface area contributed by atoms with Gasteiger partial charge in [0.15, 0.2) is 5.13 Å². The van der Waals surface area contributed by atoms with Crippen molar-refractivity contribution in [3.05, 3.63) is 51.7 Å². The summed E-state index contributed by atoms with van der Waals surface area (Å²) in [5.74, 6) is 2.60. The fourth-order valence-corrected chi connectivity index (χ4v) is 6.55. The van der Waals surface area contributed by atoms with Crippen molar-refractivity contribution >= 4 is 51.3 Å². The first-order valence-corrected chi connectivity index (χ1v) is 15.2. The summed E-state index contributed by atoms with van der Waals surface area (Å²) >= 11 is 7.51. The summed E-state index contributed by atoms with van der Waals surface area (Å²) in [6.07, 6.45) is 6.79. The lowest BCUT2D eigenvalue weighted by molar-refractivity contribution is -0.0112. The fraction of sp³-hybridized carbons (Fsp3) is 0.517. The number of carbonyl (C=O) groups excluding carboxylic acids is 1. The Morgan fingerprint density at radius 1 is 1.18 bits per heavy atom. The van der Waals surface area contributed by atoms with E-state index in [1.54, 1.807) is 12.3 Å². The van der Waals surface area contributed by atoms with Crippen LogP contribution in [-0.2, 0) is 0 Å². The first-order valence-electron chi connectivity index (χ1n) is 14.0. The molecule has 9 nitrogen and oxygen atoms in total. The van der Waals surface area contributed by atoms with E-state index < -0.39 is 5.60 Å². The Labute approximate surface area is 245 Å². The number of rotatable bonds is 7. The zero-order valence-electron chi connectivity index (χ0n) is 23.4. The van der Waals surface area contributed by atoms with Crippen LogP contribution in [0.4, 0.5) is 22.5 Å². The minimum atomic E-state index is -0.564. The van der Waals surface area contributed by atoms with E-state index in [4.69, 9.17) is 11.6 Å². The van der Waals surface area contributed by atoms with Crippen molar-refractivity contribution in [3.63, 3.8) is 0 Å². The molecule has 2 aromatic heterocycles. The minimum absolute atomic E-state index is 0.262. The van der Waals surface area contributed by atoms with Crippen molar-refractivity contribution in [1.82, 2.24) is 19.9 Å². The van der Waals surface area contributed by atoms with Gasteiger partial charge in [-0.05, 0) is 50.7 Å². The van der Waals surface area contributed by atoms with Gasteiger partial charge in [0.25, 0.3) is 5.91 Å². The van der Waals surface area contributed by atoms with Gasteiger partial charge in [-0.3, -0.25) is 9.69 Å². The van der Waals surface area contributed by atoms with Gasteiger partial charge in [-0.15, -0.1) is 0 Å². The van der Waals surface area contributed by atoms with Crippen LogP contribution in [0.15, 0.2) is 30.5 Å². The minimum Gasteiger partial charge on any atom is -0.389 e. The van der Waals surface area contributed by atoms with Gasteiger partial charge >= 0.3 is 0 Å². The SMILES string of the molecule is Cc1nc(Nc2ncc(C(=O)Nc3c(C)cccc3Cl)s2)cc(N2CCN(CC3(O)CCC[C@@H](C)CC3)CC2)n1. The number of β-amino-alcohol motifs (C(OH)–C–C–N with tert-alkyl or cyclic N) is 1. The van der Waals surface area contributed by atoms with Crippen molar-refractivity contribution in [2.24, 2.45) is 5.92 Å². The van der Waals surface area contributed by atoms with Crippen LogP contribution in [0.3, 0.4) is 0 Å². The number of hydrogen-bond donors (Lipinski definition) is 3. The lowest BCUT2D eigenvalue weighted by Crippen LogP contribution is -2.52. The second-order valence-corrected chi connectivity index (χ2v) is 12.7. The second kappa shape index (κ2) is 12.4. The van der Waals surface area contributed by atoms with Crippen LogP contribution in [0.1, 0.15) is 60.1 Å². The van der Waals surface area contributed by atoms with E-state index in [1.807, 2.05) is 32.0 Å². The van der Waals surface area contributed by atoms with E-state index in [-0.39, 0.29) is 5.91 Å². The molecule has 40 heavy (non-hydrogen) atoms. The Morgan fingerprint density at radius 3 is 2.75 bits per heavy atom. The van der Waals surface area contributed by atoms with Gasteiger partial charge in [-0.1, -0.05) is 54.8 Å². The molecule has 2 atom stereocenters. The van der Waals surface area contributed by atoms with Gasteiger partial charge in [-0.2, -0.15) is 0 Å². The maximum atomic E-state index is 12.8. The number of thiazole rings is 1. The smallest absolute Gasteiger partial charge is 0.267 e. The van der Waals surface area contributed by atoms with Gasteiger partial charge in [0.1, 0.15) is 22.3 Å². The zero-order chi connectivity index (χ0) is 28.3. The second-order valence-electron chi connectivity index (χ2n) is 11.2. The number of para-hydroxylation sites is 1. The first-order chi connectivity index (χ1) is 19.2. The number of nitrogens with zero attached hydrogens (tertiary/aromatic N) is 5. The number of hydrogen-bond acceptors (Lipinski definition) is 9. The molecule has 11 heteroatoms. The molecule has 1 aliphatic carbocycles. The summed E-state index contributed by atoms with van der Waals surface area (Å²) in [5.41, 5.74) is 0.931. The molecule has 2 fully saturated rings. The molecular formula is C29H38ClN7O2S. The number of halogens is 1. The maximum Gasteiger partial charge on any atom is 0.267 e. The third-order valence-corrected chi connectivity index (χ3v) is 9.13. The van der Waals surface area contributed by atoms with Crippen molar-refractivity contribution < 1.29 is 9.90 Å². The maximum absolute atomic E-state index is 12.8. The van der Waals surface area contributed by atoms with E-state index in [1.165, 1.54) is 17.8 Å². The van der Waals surface area contributed by atoms with Crippen LogP contribution in [0, 0.1) is 19.8 Å². The molecule has 2 aliphatic rings. The van der Waals surface area contributed by atoms with Crippen molar-refractivity contribution in [2.75, 3.05) is 48.3 Å². The van der Waals surface area contributed by atoms with Crippen molar-refractivity contribution in [1.29, 1.82) is 0 Å². The van der Waals surface area contributed by atoms with Crippen molar-refractivity contribution in [2.45, 2.75) is 58.5 Å². The average molecular weight is 584 g/mol. The fourth-order valence-electron chi connectivity index (χ4n) is 5.56. The summed E-state index contributed by atoms with van der Waals surface area (Å²) in [5, 5.41) is 18.4. The Kier molecular flexibility index (Phi) is 8.89.